The third kappa shape index (κ3) is 13.2. The number of methoxy groups -OCH3 is 1. The molecule has 0 aromatic carbocycles. The lowest BCUT2D eigenvalue weighted by Gasteiger charge is -2.25. The number of carbonyl (C=O) groups excluding carboxylic acids is 1. The van der Waals surface area contributed by atoms with Gasteiger partial charge in [0.1, 0.15) is 0 Å². The number of ether oxygens (including phenoxy) is 1. The minimum Gasteiger partial charge on any atom is -0.469 e. The molecule has 0 amide bonds. The van der Waals surface area contributed by atoms with E-state index < -0.39 is 18.2 Å². The summed E-state index contributed by atoms with van der Waals surface area (Å²) >= 11 is 0. The smallest absolute Gasteiger partial charge is 0.305 e. The SMILES string of the molecule is CCCCC[C@H](O)[C@@H](N)C[C@H](O)[C@@H](N)CCCCCCCC(=O)OC. The van der Waals surface area contributed by atoms with Crippen LogP contribution in [0.3, 0.4) is 0 Å². The molecule has 0 saturated carbocycles. The molecule has 6 N–H and O–H groups in total. The van der Waals surface area contributed by atoms with Crippen LogP contribution >= 0.6 is 0 Å². The van der Waals surface area contributed by atoms with Gasteiger partial charge in [0.05, 0.1) is 19.3 Å². The van der Waals surface area contributed by atoms with Crippen molar-refractivity contribution in [3.63, 3.8) is 0 Å². The number of aliphatic hydroxyl groups excluding tert-OH is 2. The summed E-state index contributed by atoms with van der Waals surface area (Å²) < 4.78 is 4.60. The van der Waals surface area contributed by atoms with E-state index in [9.17, 15) is 15.0 Å². The van der Waals surface area contributed by atoms with Crippen molar-refractivity contribution in [2.24, 2.45) is 11.5 Å². The maximum Gasteiger partial charge on any atom is 0.305 e. The summed E-state index contributed by atoms with van der Waals surface area (Å²) in [6.45, 7) is 2.12. The van der Waals surface area contributed by atoms with Gasteiger partial charge in [-0.2, -0.15) is 0 Å². The highest BCUT2D eigenvalue weighted by molar-refractivity contribution is 5.68. The van der Waals surface area contributed by atoms with E-state index in [0.717, 1.165) is 57.8 Å². The Morgan fingerprint density at radius 3 is 2.12 bits per heavy atom. The minimum atomic E-state index is -0.671. The number of hydrogen-bond donors (Lipinski definition) is 4. The predicted octanol–water partition coefficient (Wildman–Crippen LogP) is 2.24. The summed E-state index contributed by atoms with van der Waals surface area (Å²) in [5.74, 6) is -0.154. The molecular formula is C19H40N2O4. The van der Waals surface area contributed by atoms with Gasteiger partial charge in [0.2, 0.25) is 0 Å². The molecule has 0 aliphatic carbocycles. The molecule has 25 heavy (non-hydrogen) atoms. The summed E-state index contributed by atoms with van der Waals surface area (Å²) in [5, 5.41) is 20.2. The van der Waals surface area contributed by atoms with Gasteiger partial charge in [0.15, 0.2) is 0 Å². The highest BCUT2D eigenvalue weighted by Crippen LogP contribution is 2.14. The van der Waals surface area contributed by atoms with Crippen molar-refractivity contribution < 1.29 is 19.7 Å². The van der Waals surface area contributed by atoms with Crippen molar-refractivity contribution in [1.82, 2.24) is 0 Å². The number of nitrogens with two attached hydrogens (primary N) is 2. The molecule has 0 unspecified atom stereocenters. The van der Waals surface area contributed by atoms with Crippen molar-refractivity contribution in [3.05, 3.63) is 0 Å². The molecule has 6 nitrogen and oxygen atoms in total. The van der Waals surface area contributed by atoms with Gasteiger partial charge in [0, 0.05) is 18.5 Å². The normalized spacial score (nSPS) is 16.2. The van der Waals surface area contributed by atoms with Gasteiger partial charge < -0.3 is 26.4 Å². The minimum absolute atomic E-state index is 0.154. The third-order valence-electron chi connectivity index (χ3n) is 4.75. The fourth-order valence-corrected chi connectivity index (χ4v) is 2.90. The van der Waals surface area contributed by atoms with Crippen LogP contribution in [0.1, 0.15) is 84.0 Å². The van der Waals surface area contributed by atoms with Crippen LogP contribution in [0.2, 0.25) is 0 Å². The van der Waals surface area contributed by atoms with Crippen LogP contribution < -0.4 is 11.5 Å². The van der Waals surface area contributed by atoms with E-state index in [1.54, 1.807) is 0 Å². The van der Waals surface area contributed by atoms with Crippen LogP contribution in [0.25, 0.3) is 0 Å². The summed E-state index contributed by atoms with van der Waals surface area (Å²) in [6.07, 6.45) is 9.06. The fourth-order valence-electron chi connectivity index (χ4n) is 2.90. The first kappa shape index (κ1) is 24.3. The van der Waals surface area contributed by atoms with Crippen molar-refractivity contribution in [2.75, 3.05) is 7.11 Å². The first-order valence-corrected chi connectivity index (χ1v) is 9.86. The van der Waals surface area contributed by atoms with E-state index in [-0.39, 0.29) is 12.0 Å². The van der Waals surface area contributed by atoms with Crippen LogP contribution in [-0.2, 0) is 9.53 Å². The highest BCUT2D eigenvalue weighted by atomic mass is 16.5. The van der Waals surface area contributed by atoms with Crippen LogP contribution in [0, 0.1) is 0 Å². The summed E-state index contributed by atoms with van der Waals surface area (Å²) in [7, 11) is 1.41. The molecule has 0 saturated heterocycles. The molecule has 0 aromatic heterocycles. The Bertz CT molecular complexity index is 329. The van der Waals surface area contributed by atoms with E-state index >= 15 is 0 Å². The average molecular weight is 361 g/mol. The molecule has 0 radical (unpaired) electrons. The Morgan fingerprint density at radius 1 is 0.880 bits per heavy atom. The number of rotatable bonds is 16. The monoisotopic (exact) mass is 360 g/mol. The molecule has 0 aromatic rings. The maximum absolute atomic E-state index is 11.0. The Morgan fingerprint density at radius 2 is 1.48 bits per heavy atom. The zero-order valence-electron chi connectivity index (χ0n) is 16.2. The lowest BCUT2D eigenvalue weighted by Crippen LogP contribution is -2.43. The molecule has 0 rings (SSSR count). The van der Waals surface area contributed by atoms with Gasteiger partial charge in [-0.15, -0.1) is 0 Å². The van der Waals surface area contributed by atoms with Crippen LogP contribution in [-0.4, -0.2) is 47.6 Å². The molecule has 0 fully saturated rings. The van der Waals surface area contributed by atoms with E-state index in [4.69, 9.17) is 11.5 Å². The largest absolute Gasteiger partial charge is 0.469 e. The van der Waals surface area contributed by atoms with E-state index in [0.29, 0.717) is 19.3 Å². The Kier molecular flexibility index (Phi) is 15.1. The predicted molar refractivity (Wildman–Crippen MR) is 101 cm³/mol. The first-order valence-electron chi connectivity index (χ1n) is 9.86. The second kappa shape index (κ2) is 15.6. The molecule has 0 heterocycles. The van der Waals surface area contributed by atoms with Gasteiger partial charge in [-0.3, -0.25) is 4.79 Å². The van der Waals surface area contributed by atoms with E-state index in [1.165, 1.54) is 7.11 Å². The topological polar surface area (TPSA) is 119 Å². The van der Waals surface area contributed by atoms with Crippen molar-refractivity contribution >= 4 is 5.97 Å². The molecule has 0 spiro atoms. The van der Waals surface area contributed by atoms with Crippen molar-refractivity contribution in [3.8, 4) is 0 Å². The lowest BCUT2D eigenvalue weighted by molar-refractivity contribution is -0.140. The molecular weight excluding hydrogens is 320 g/mol. The first-order chi connectivity index (χ1) is 11.9. The summed E-state index contributed by atoms with van der Waals surface area (Å²) in [4.78, 5) is 11.0. The number of hydrogen-bond acceptors (Lipinski definition) is 6. The maximum atomic E-state index is 11.0. The zero-order valence-corrected chi connectivity index (χ0v) is 16.2. The number of unbranched alkanes of at least 4 members (excludes halogenated alkanes) is 6. The van der Waals surface area contributed by atoms with Gasteiger partial charge in [-0.05, 0) is 25.7 Å². The fraction of sp³-hybridized carbons (Fsp3) is 0.947. The van der Waals surface area contributed by atoms with Crippen LogP contribution in [0.15, 0.2) is 0 Å². The molecule has 0 aliphatic rings. The standard InChI is InChI=1S/C19H40N2O4/c1-3-4-8-12-17(22)16(21)14-18(23)15(20)11-9-6-5-7-10-13-19(24)25-2/h15-18,22-23H,3-14,20-21H2,1-2H3/t15-,16-,17-,18-/m0/s1. The molecule has 0 aliphatic heterocycles. The van der Waals surface area contributed by atoms with Crippen molar-refractivity contribution in [2.45, 2.75) is 108 Å². The third-order valence-corrected chi connectivity index (χ3v) is 4.75. The summed E-state index contributed by atoms with van der Waals surface area (Å²) in [6, 6.07) is -0.722. The highest BCUT2D eigenvalue weighted by Gasteiger charge is 2.22. The second-order valence-corrected chi connectivity index (χ2v) is 7.08. The average Bonchev–Trinajstić information content (AvgIpc) is 2.60. The summed E-state index contributed by atoms with van der Waals surface area (Å²) in [5.41, 5.74) is 12.0. The zero-order chi connectivity index (χ0) is 19.1. The van der Waals surface area contributed by atoms with E-state index in [1.807, 2.05) is 0 Å². The number of esters is 1. The van der Waals surface area contributed by atoms with Gasteiger partial charge in [0.25, 0.3) is 0 Å². The Labute approximate surface area is 153 Å². The number of aliphatic hydroxyl groups is 2. The van der Waals surface area contributed by atoms with E-state index in [2.05, 4.69) is 11.7 Å². The van der Waals surface area contributed by atoms with Gasteiger partial charge in [-0.25, -0.2) is 0 Å². The molecule has 150 valence electrons. The molecule has 6 heteroatoms. The van der Waals surface area contributed by atoms with Crippen molar-refractivity contribution in [1.29, 1.82) is 0 Å². The molecule has 0 bridgehead atoms. The number of carbonyl (C=O) groups is 1. The Hall–Kier alpha value is -0.690. The quantitative estimate of drug-likeness (QED) is 0.248. The van der Waals surface area contributed by atoms with Gasteiger partial charge in [-0.1, -0.05) is 51.9 Å². The van der Waals surface area contributed by atoms with Crippen LogP contribution in [0.5, 0.6) is 0 Å². The Balaban J connectivity index is 3.73. The van der Waals surface area contributed by atoms with Gasteiger partial charge >= 0.3 is 5.97 Å². The second-order valence-electron chi connectivity index (χ2n) is 7.08. The lowest BCUT2D eigenvalue weighted by atomic mass is 9.94. The van der Waals surface area contributed by atoms with Crippen LogP contribution in [0.4, 0.5) is 0 Å². The molecule has 4 atom stereocenters.